The van der Waals surface area contributed by atoms with Gasteiger partial charge in [0.1, 0.15) is 0 Å². The molecule has 8 nitrogen and oxygen atoms in total. The Labute approximate surface area is 153 Å². The van der Waals surface area contributed by atoms with E-state index in [9.17, 15) is 4.79 Å². The Morgan fingerprint density at radius 1 is 1.35 bits per heavy atom. The molecular weight excluding hydrogens is 332 g/mol. The van der Waals surface area contributed by atoms with E-state index in [2.05, 4.69) is 46.7 Å². The van der Waals surface area contributed by atoms with Gasteiger partial charge in [-0.05, 0) is 17.4 Å². The number of hydrogen-bond acceptors (Lipinski definition) is 5. The number of ether oxygens (including phenoxy) is 1. The molecule has 1 aromatic carbocycles. The van der Waals surface area contributed by atoms with Crippen molar-refractivity contribution in [3.63, 3.8) is 0 Å². The van der Waals surface area contributed by atoms with E-state index in [1.165, 1.54) is 16.0 Å². The number of methoxy groups -OCH3 is 1. The first-order valence-electron chi connectivity index (χ1n) is 9.05. The summed E-state index contributed by atoms with van der Waals surface area (Å²) in [6.45, 7) is 4.97. The Balaban J connectivity index is 1.89. The van der Waals surface area contributed by atoms with E-state index in [0.29, 0.717) is 13.2 Å². The highest BCUT2D eigenvalue weighted by Crippen LogP contribution is 2.20. The van der Waals surface area contributed by atoms with E-state index in [-0.39, 0.29) is 17.9 Å². The lowest BCUT2D eigenvalue weighted by Crippen LogP contribution is -3.13. The smallest absolute Gasteiger partial charge is 0.220 e. The molecule has 0 spiro atoms. The molecule has 3 N–H and O–H groups in total. The summed E-state index contributed by atoms with van der Waals surface area (Å²) in [5, 5.41) is 12.4. The molecule has 1 aliphatic rings. The SMILES string of the molecule is COCCn1nnnc1[C@H](c1ccc(C)cc1)[NH+]1CCC(C(N)=O)CC1. The molecule has 0 bridgehead atoms. The maximum absolute atomic E-state index is 11.5. The number of carbonyl (C=O) groups excluding carboxylic acids is 1. The zero-order valence-corrected chi connectivity index (χ0v) is 15.4. The van der Waals surface area contributed by atoms with Gasteiger partial charge in [-0.3, -0.25) is 4.79 Å². The van der Waals surface area contributed by atoms with Gasteiger partial charge in [0.25, 0.3) is 0 Å². The Bertz CT molecular complexity index is 722. The van der Waals surface area contributed by atoms with Crippen molar-refractivity contribution >= 4 is 5.91 Å². The zero-order chi connectivity index (χ0) is 18.5. The van der Waals surface area contributed by atoms with Crippen LogP contribution in [0.1, 0.15) is 35.8 Å². The van der Waals surface area contributed by atoms with Crippen molar-refractivity contribution in [2.75, 3.05) is 26.8 Å². The van der Waals surface area contributed by atoms with Crippen LogP contribution in [0.4, 0.5) is 0 Å². The monoisotopic (exact) mass is 359 g/mol. The first-order valence-corrected chi connectivity index (χ1v) is 9.05. The molecule has 8 heteroatoms. The first kappa shape index (κ1) is 18.5. The average molecular weight is 359 g/mol. The maximum atomic E-state index is 11.5. The number of aromatic nitrogens is 4. The van der Waals surface area contributed by atoms with E-state index in [1.807, 2.05) is 4.68 Å². The van der Waals surface area contributed by atoms with Gasteiger partial charge in [0.15, 0.2) is 6.04 Å². The average Bonchev–Trinajstić information content (AvgIpc) is 3.10. The molecule has 0 unspecified atom stereocenters. The molecule has 3 rings (SSSR count). The van der Waals surface area contributed by atoms with Crippen molar-refractivity contribution < 1.29 is 14.4 Å². The van der Waals surface area contributed by atoms with Crippen molar-refractivity contribution in [2.24, 2.45) is 11.7 Å². The molecule has 2 aromatic rings. The van der Waals surface area contributed by atoms with Crippen molar-refractivity contribution in [3.8, 4) is 0 Å². The third-order valence-electron chi connectivity index (χ3n) is 5.17. The number of carbonyl (C=O) groups is 1. The topological polar surface area (TPSA) is 100 Å². The van der Waals surface area contributed by atoms with Crippen molar-refractivity contribution in [1.29, 1.82) is 0 Å². The number of nitrogens with zero attached hydrogens (tertiary/aromatic N) is 4. The molecule has 0 radical (unpaired) electrons. The molecule has 26 heavy (non-hydrogen) atoms. The van der Waals surface area contributed by atoms with Crippen LogP contribution >= 0.6 is 0 Å². The van der Waals surface area contributed by atoms with Crippen LogP contribution in [0.3, 0.4) is 0 Å². The van der Waals surface area contributed by atoms with E-state index in [0.717, 1.165) is 31.8 Å². The predicted molar refractivity (Wildman–Crippen MR) is 95.3 cm³/mol. The van der Waals surface area contributed by atoms with Gasteiger partial charge in [-0.15, -0.1) is 5.10 Å². The standard InChI is InChI=1S/C18H26N6O2/c1-13-3-5-14(6-4-13)16(18-20-21-22-24(18)11-12-26-2)23-9-7-15(8-10-23)17(19)25/h3-6,15-16H,7-12H2,1-2H3,(H2,19,25)/p+1/t16-/m0/s1. The molecule has 1 atom stereocenters. The van der Waals surface area contributed by atoms with Crippen LogP contribution in [0.15, 0.2) is 24.3 Å². The maximum Gasteiger partial charge on any atom is 0.220 e. The molecule has 140 valence electrons. The van der Waals surface area contributed by atoms with Crippen LogP contribution in [0.2, 0.25) is 0 Å². The predicted octanol–water partition coefficient (Wildman–Crippen LogP) is -0.502. The van der Waals surface area contributed by atoms with Crippen LogP contribution in [-0.2, 0) is 16.1 Å². The normalized spacial score (nSPS) is 21.5. The fourth-order valence-corrected chi connectivity index (χ4v) is 3.64. The number of aryl methyl sites for hydroxylation is 1. The molecule has 1 fully saturated rings. The van der Waals surface area contributed by atoms with Crippen LogP contribution in [0.25, 0.3) is 0 Å². The van der Waals surface area contributed by atoms with E-state index >= 15 is 0 Å². The van der Waals surface area contributed by atoms with Crippen LogP contribution in [0.5, 0.6) is 0 Å². The summed E-state index contributed by atoms with van der Waals surface area (Å²) < 4.78 is 7.00. The van der Waals surface area contributed by atoms with Crippen LogP contribution in [-0.4, -0.2) is 52.9 Å². The number of primary amides is 1. The molecule has 0 saturated carbocycles. The first-order chi connectivity index (χ1) is 12.6. The number of tetrazole rings is 1. The van der Waals surface area contributed by atoms with Gasteiger partial charge in [-0.25, -0.2) is 4.68 Å². The quantitative estimate of drug-likeness (QED) is 0.694. The fourth-order valence-electron chi connectivity index (χ4n) is 3.64. The second-order valence-electron chi connectivity index (χ2n) is 6.93. The van der Waals surface area contributed by atoms with E-state index < -0.39 is 0 Å². The van der Waals surface area contributed by atoms with Crippen LogP contribution in [0, 0.1) is 12.8 Å². The lowest BCUT2D eigenvalue weighted by atomic mass is 9.93. The Morgan fingerprint density at radius 2 is 2.04 bits per heavy atom. The van der Waals surface area contributed by atoms with Gasteiger partial charge < -0.3 is 15.4 Å². The van der Waals surface area contributed by atoms with Crippen molar-refractivity contribution in [1.82, 2.24) is 20.2 Å². The number of rotatable bonds is 7. The van der Waals surface area contributed by atoms with Crippen molar-refractivity contribution in [2.45, 2.75) is 32.4 Å². The molecule has 1 amide bonds. The van der Waals surface area contributed by atoms with Crippen LogP contribution < -0.4 is 10.6 Å². The summed E-state index contributed by atoms with van der Waals surface area (Å²) in [6.07, 6.45) is 1.60. The van der Waals surface area contributed by atoms with E-state index in [1.54, 1.807) is 7.11 Å². The van der Waals surface area contributed by atoms with Gasteiger partial charge in [0.05, 0.1) is 26.2 Å². The Kier molecular flexibility index (Phi) is 5.95. The number of piperidine rings is 1. The number of benzene rings is 1. The lowest BCUT2D eigenvalue weighted by molar-refractivity contribution is -0.931. The second-order valence-corrected chi connectivity index (χ2v) is 6.93. The summed E-state index contributed by atoms with van der Waals surface area (Å²) in [5.74, 6) is 0.612. The third-order valence-corrected chi connectivity index (χ3v) is 5.17. The highest BCUT2D eigenvalue weighted by atomic mass is 16.5. The number of amides is 1. The number of hydrogen-bond donors (Lipinski definition) is 2. The summed E-state index contributed by atoms with van der Waals surface area (Å²) in [7, 11) is 1.67. The molecule has 2 heterocycles. The molecule has 1 aliphatic heterocycles. The number of nitrogens with one attached hydrogen (secondary N) is 1. The van der Waals surface area contributed by atoms with E-state index in [4.69, 9.17) is 10.5 Å². The Morgan fingerprint density at radius 3 is 2.65 bits per heavy atom. The van der Waals surface area contributed by atoms with Gasteiger partial charge in [0, 0.05) is 31.4 Å². The molecule has 0 aliphatic carbocycles. The summed E-state index contributed by atoms with van der Waals surface area (Å²) in [4.78, 5) is 12.9. The lowest BCUT2D eigenvalue weighted by Gasteiger charge is -2.33. The van der Waals surface area contributed by atoms with Gasteiger partial charge >= 0.3 is 0 Å². The minimum Gasteiger partial charge on any atom is -0.383 e. The molecule has 1 saturated heterocycles. The number of likely N-dealkylation sites (tertiary alicyclic amines) is 1. The highest BCUT2D eigenvalue weighted by Gasteiger charge is 2.35. The summed E-state index contributed by atoms with van der Waals surface area (Å²) in [5.41, 5.74) is 7.89. The Hall–Kier alpha value is -2.32. The van der Waals surface area contributed by atoms with Gasteiger partial charge in [-0.2, -0.15) is 0 Å². The third kappa shape index (κ3) is 4.08. The van der Waals surface area contributed by atoms with Gasteiger partial charge in [-0.1, -0.05) is 29.8 Å². The van der Waals surface area contributed by atoms with Gasteiger partial charge in [0.2, 0.25) is 11.7 Å². The largest absolute Gasteiger partial charge is 0.383 e. The van der Waals surface area contributed by atoms with Crippen molar-refractivity contribution in [3.05, 3.63) is 41.2 Å². The minimum absolute atomic E-state index is 0.0243. The zero-order valence-electron chi connectivity index (χ0n) is 15.4. The summed E-state index contributed by atoms with van der Waals surface area (Å²) >= 11 is 0. The highest BCUT2D eigenvalue weighted by molar-refractivity contribution is 5.76. The fraction of sp³-hybridized carbons (Fsp3) is 0.556. The second kappa shape index (κ2) is 8.37. The minimum atomic E-state index is -0.194. The number of quaternary nitrogens is 1. The number of nitrogens with two attached hydrogens (primary N) is 1. The molecular formula is C18H27N6O2+. The summed E-state index contributed by atoms with van der Waals surface area (Å²) in [6, 6.07) is 8.53. The molecule has 1 aromatic heterocycles.